The standard InChI is InChI=1S/C17H26N2O3/c1-18-15(20)11-14(16(21)22)17(18)7-9-19(10-8-17)12-13-5-3-2-4-6-13/h5,14H,2-4,6-12H2,1H3,(H,21,22)/t14-/m1/s1. The van der Waals surface area contributed by atoms with E-state index >= 15 is 0 Å². The first kappa shape index (κ1) is 15.5. The van der Waals surface area contributed by atoms with Crippen LogP contribution in [0.4, 0.5) is 0 Å². The minimum Gasteiger partial charge on any atom is -0.481 e. The van der Waals surface area contributed by atoms with Gasteiger partial charge in [0.25, 0.3) is 0 Å². The third kappa shape index (κ3) is 2.67. The Bertz CT molecular complexity index is 492. The molecule has 0 aromatic heterocycles. The maximum atomic E-state index is 12.0. The summed E-state index contributed by atoms with van der Waals surface area (Å²) in [6.45, 7) is 2.79. The molecule has 1 aliphatic carbocycles. The van der Waals surface area contributed by atoms with E-state index in [4.69, 9.17) is 0 Å². The van der Waals surface area contributed by atoms with E-state index in [0.717, 1.165) is 32.5 Å². The number of carbonyl (C=O) groups excluding carboxylic acids is 1. The van der Waals surface area contributed by atoms with Crippen molar-refractivity contribution in [1.29, 1.82) is 0 Å². The second-order valence-electron chi connectivity index (χ2n) is 7.04. The lowest BCUT2D eigenvalue weighted by Crippen LogP contribution is -2.56. The van der Waals surface area contributed by atoms with E-state index in [-0.39, 0.29) is 12.3 Å². The van der Waals surface area contributed by atoms with Gasteiger partial charge in [0.05, 0.1) is 11.5 Å². The highest BCUT2D eigenvalue weighted by Crippen LogP contribution is 2.42. The highest BCUT2D eigenvalue weighted by atomic mass is 16.4. The van der Waals surface area contributed by atoms with Gasteiger partial charge in [-0.2, -0.15) is 0 Å². The first-order valence-electron chi connectivity index (χ1n) is 8.43. The molecule has 0 radical (unpaired) electrons. The average Bonchev–Trinajstić information content (AvgIpc) is 2.76. The van der Waals surface area contributed by atoms with Crippen molar-refractivity contribution in [2.45, 2.75) is 50.5 Å². The summed E-state index contributed by atoms with van der Waals surface area (Å²) < 4.78 is 0. The average molecular weight is 306 g/mol. The van der Waals surface area contributed by atoms with Crippen LogP contribution in [0.25, 0.3) is 0 Å². The number of carboxylic acid groups (broad SMARTS) is 1. The quantitative estimate of drug-likeness (QED) is 0.809. The van der Waals surface area contributed by atoms with Crippen molar-refractivity contribution < 1.29 is 14.7 Å². The van der Waals surface area contributed by atoms with Gasteiger partial charge in [0.1, 0.15) is 0 Å². The summed E-state index contributed by atoms with van der Waals surface area (Å²) in [5.74, 6) is -1.38. The minimum atomic E-state index is -0.818. The lowest BCUT2D eigenvalue weighted by atomic mass is 9.77. The number of rotatable bonds is 3. The molecule has 0 aromatic rings. The maximum Gasteiger partial charge on any atom is 0.309 e. The molecule has 0 unspecified atom stereocenters. The molecule has 1 spiro atoms. The van der Waals surface area contributed by atoms with E-state index in [2.05, 4.69) is 11.0 Å². The van der Waals surface area contributed by atoms with Crippen LogP contribution in [0, 0.1) is 5.92 Å². The summed E-state index contributed by atoms with van der Waals surface area (Å²) >= 11 is 0. The van der Waals surface area contributed by atoms with Gasteiger partial charge in [0.2, 0.25) is 5.91 Å². The second-order valence-corrected chi connectivity index (χ2v) is 7.04. The van der Waals surface area contributed by atoms with Crippen LogP contribution in [-0.4, -0.2) is 59.0 Å². The monoisotopic (exact) mass is 306 g/mol. The number of hydrogen-bond donors (Lipinski definition) is 1. The first-order valence-corrected chi connectivity index (χ1v) is 8.43. The third-order valence-corrected chi connectivity index (χ3v) is 5.90. The highest BCUT2D eigenvalue weighted by molar-refractivity contribution is 5.88. The van der Waals surface area contributed by atoms with Gasteiger partial charge in [-0.05, 0) is 38.5 Å². The Morgan fingerprint density at radius 3 is 2.68 bits per heavy atom. The van der Waals surface area contributed by atoms with E-state index in [9.17, 15) is 14.7 Å². The van der Waals surface area contributed by atoms with Crippen LogP contribution >= 0.6 is 0 Å². The second kappa shape index (κ2) is 6.03. The normalized spacial score (nSPS) is 29.0. The van der Waals surface area contributed by atoms with Crippen molar-refractivity contribution in [3.05, 3.63) is 11.6 Å². The smallest absolute Gasteiger partial charge is 0.309 e. The Balaban J connectivity index is 1.65. The fourth-order valence-electron chi connectivity index (χ4n) is 4.42. The Morgan fingerprint density at radius 1 is 1.36 bits per heavy atom. The molecule has 5 nitrogen and oxygen atoms in total. The fourth-order valence-corrected chi connectivity index (χ4v) is 4.42. The van der Waals surface area contributed by atoms with Gasteiger partial charge in [0, 0.05) is 33.1 Å². The molecule has 5 heteroatoms. The molecule has 0 saturated carbocycles. The number of carboxylic acids is 1. The largest absolute Gasteiger partial charge is 0.481 e. The summed E-state index contributed by atoms with van der Waals surface area (Å²) in [5, 5.41) is 9.49. The summed E-state index contributed by atoms with van der Waals surface area (Å²) in [7, 11) is 1.78. The van der Waals surface area contributed by atoms with E-state index in [1.165, 1.54) is 31.3 Å². The summed E-state index contributed by atoms with van der Waals surface area (Å²) in [4.78, 5) is 27.7. The van der Waals surface area contributed by atoms with Crippen LogP contribution in [0.5, 0.6) is 0 Å². The number of amides is 1. The van der Waals surface area contributed by atoms with E-state index in [0.29, 0.717) is 0 Å². The van der Waals surface area contributed by atoms with E-state index in [1.54, 1.807) is 11.9 Å². The van der Waals surface area contributed by atoms with Crippen molar-refractivity contribution in [3.8, 4) is 0 Å². The van der Waals surface area contributed by atoms with Gasteiger partial charge < -0.3 is 10.0 Å². The Morgan fingerprint density at radius 2 is 2.09 bits per heavy atom. The van der Waals surface area contributed by atoms with Gasteiger partial charge >= 0.3 is 5.97 Å². The fraction of sp³-hybridized carbons (Fsp3) is 0.765. The molecule has 1 amide bonds. The zero-order valence-corrected chi connectivity index (χ0v) is 13.4. The molecule has 3 rings (SSSR count). The third-order valence-electron chi connectivity index (χ3n) is 5.90. The van der Waals surface area contributed by atoms with Crippen LogP contribution in [0.3, 0.4) is 0 Å². The molecule has 1 N–H and O–H groups in total. The summed E-state index contributed by atoms with van der Waals surface area (Å²) in [5.41, 5.74) is 1.08. The predicted octanol–water partition coefficient (Wildman–Crippen LogP) is 1.88. The van der Waals surface area contributed by atoms with Crippen molar-refractivity contribution in [2.24, 2.45) is 5.92 Å². The Kier molecular flexibility index (Phi) is 4.26. The van der Waals surface area contributed by atoms with Crippen LogP contribution in [0.15, 0.2) is 11.6 Å². The lowest BCUT2D eigenvalue weighted by Gasteiger charge is -2.45. The molecule has 1 atom stereocenters. The van der Waals surface area contributed by atoms with Gasteiger partial charge in [-0.15, -0.1) is 0 Å². The van der Waals surface area contributed by atoms with Crippen LogP contribution in [-0.2, 0) is 9.59 Å². The maximum absolute atomic E-state index is 12.0. The number of aliphatic carboxylic acids is 1. The van der Waals surface area contributed by atoms with Crippen molar-refractivity contribution >= 4 is 11.9 Å². The summed E-state index contributed by atoms with van der Waals surface area (Å²) in [6, 6.07) is 0. The van der Waals surface area contributed by atoms with Crippen LogP contribution < -0.4 is 0 Å². The number of hydrogen-bond acceptors (Lipinski definition) is 3. The number of piperidine rings is 1. The molecule has 2 saturated heterocycles. The predicted molar refractivity (Wildman–Crippen MR) is 83.5 cm³/mol. The topological polar surface area (TPSA) is 60.9 Å². The van der Waals surface area contributed by atoms with Crippen LogP contribution in [0.2, 0.25) is 0 Å². The summed E-state index contributed by atoms with van der Waals surface area (Å²) in [6.07, 6.45) is 9.10. The molecular formula is C17H26N2O3. The molecule has 2 heterocycles. The Hall–Kier alpha value is -1.36. The van der Waals surface area contributed by atoms with Crippen LogP contribution in [0.1, 0.15) is 44.9 Å². The minimum absolute atomic E-state index is 0.0177. The zero-order valence-electron chi connectivity index (χ0n) is 13.4. The Labute approximate surface area is 132 Å². The molecule has 122 valence electrons. The van der Waals surface area contributed by atoms with Gasteiger partial charge in [-0.3, -0.25) is 14.5 Å². The molecule has 0 aromatic carbocycles. The first-order chi connectivity index (χ1) is 10.5. The van der Waals surface area contributed by atoms with Crippen molar-refractivity contribution in [3.63, 3.8) is 0 Å². The SMILES string of the molecule is CN1C(=O)C[C@H](C(=O)O)C12CCN(CC1=CCCCC1)CC2. The molecular weight excluding hydrogens is 280 g/mol. The highest BCUT2D eigenvalue weighted by Gasteiger charge is 2.55. The molecule has 22 heavy (non-hydrogen) atoms. The van der Waals surface area contributed by atoms with E-state index < -0.39 is 17.4 Å². The van der Waals surface area contributed by atoms with Gasteiger partial charge in [-0.25, -0.2) is 0 Å². The van der Waals surface area contributed by atoms with E-state index in [1.807, 2.05) is 0 Å². The lowest BCUT2D eigenvalue weighted by molar-refractivity contribution is -0.146. The number of carbonyl (C=O) groups is 2. The number of likely N-dealkylation sites (tertiary alicyclic amines) is 2. The molecule has 3 aliphatic rings. The van der Waals surface area contributed by atoms with Gasteiger partial charge in [0.15, 0.2) is 0 Å². The number of allylic oxidation sites excluding steroid dienone is 1. The number of nitrogens with zero attached hydrogens (tertiary/aromatic N) is 2. The molecule has 2 aliphatic heterocycles. The molecule has 0 bridgehead atoms. The van der Waals surface area contributed by atoms with Gasteiger partial charge in [-0.1, -0.05) is 11.6 Å². The molecule has 2 fully saturated rings. The van der Waals surface area contributed by atoms with Crippen molar-refractivity contribution in [1.82, 2.24) is 9.80 Å². The van der Waals surface area contributed by atoms with Crippen molar-refractivity contribution in [2.75, 3.05) is 26.7 Å². The zero-order chi connectivity index (χ0) is 15.7.